The Hall–Kier alpha value is -14.3. The van der Waals surface area contributed by atoms with Gasteiger partial charge < -0.3 is 122 Å². The van der Waals surface area contributed by atoms with Crippen LogP contribution in [0.15, 0.2) is 54.7 Å². The minimum absolute atomic E-state index is 0.00149. The van der Waals surface area contributed by atoms with Gasteiger partial charge in [0.2, 0.25) is 130 Å². The lowest BCUT2D eigenvalue weighted by molar-refractivity contribution is -0.146. The van der Waals surface area contributed by atoms with Gasteiger partial charge in [0, 0.05) is 50.5 Å². The van der Waals surface area contributed by atoms with E-state index >= 15 is 0 Å². The van der Waals surface area contributed by atoms with E-state index < -0.39 is 303 Å². The van der Waals surface area contributed by atoms with Gasteiger partial charge in [0.1, 0.15) is 116 Å². The molecule has 2 aliphatic heterocycles. The third-order valence-electron chi connectivity index (χ3n) is 25.0. The summed E-state index contributed by atoms with van der Waals surface area (Å²) in [5.74, 6) is -23.0. The van der Waals surface area contributed by atoms with Crippen molar-refractivity contribution in [3.05, 3.63) is 71.9 Å². The Morgan fingerprint density at radius 1 is 0.439 bits per heavy atom. The zero-order valence-corrected chi connectivity index (χ0v) is 88.7. The molecule has 0 radical (unpaired) electrons. The van der Waals surface area contributed by atoms with Crippen molar-refractivity contribution in [3.63, 3.8) is 0 Å². The number of carbonyl (C=O) groups excluding carboxylic acids is 22. The number of benzene rings is 2. The number of carbonyl (C=O) groups is 22. The second kappa shape index (κ2) is 52.4. The lowest BCUT2D eigenvalue weighted by atomic mass is 9.96. The molecule has 48 nitrogen and oxygen atoms in total. The molecular formula is C98H151F2N25O23. The fourth-order valence-electron chi connectivity index (χ4n) is 15.7. The van der Waals surface area contributed by atoms with Gasteiger partial charge in [-0.15, -0.1) is 5.10 Å². The van der Waals surface area contributed by atoms with E-state index in [2.05, 4.69) is 101 Å². The number of primary amides is 3. The SMILES string of the molecule is CC(C)C[C@H](NC(=O)CNC(=O)C(C)(C)NC(=O)[C@@H](NC(=O)C(C)(C)NC(=O)[C@H](CCC(N)=O)NC(=O)[C@H](C)NC(=O)C(C)(C)NC(=O)[C@H](C)NC(=O)C(C)(C)NC(=O)[C@@H]1CCN(C(=O)C(C)(C)n2cc(-c3ccc(F)cc3F)nn2)C1)C(C)C)C(=O)NC(C)(C)C(=O)N1CCC[C@@H]1C(=O)N[C@H](C(=O)NC(C)(C)C(=O)NC(C)(C)C(=O)N[C@@H](CCC(N)=O)C(=O)N[C@@H](CCC(N)=O)C(=O)N[C@H](CO)Cc1ccccc1)C(C)C. The van der Waals surface area contributed by atoms with Crippen LogP contribution >= 0.6 is 0 Å². The monoisotopic (exact) mass is 2080 g/mol. The molecule has 3 heterocycles. The van der Waals surface area contributed by atoms with E-state index in [-0.39, 0.29) is 75.3 Å². The summed E-state index contributed by atoms with van der Waals surface area (Å²) in [5, 5.41) is 61.5. The predicted molar refractivity (Wildman–Crippen MR) is 533 cm³/mol. The van der Waals surface area contributed by atoms with Crippen molar-refractivity contribution in [1.29, 1.82) is 0 Å². The van der Waals surface area contributed by atoms with Crippen LogP contribution in [-0.4, -0.2) is 292 Å². The molecule has 0 unspecified atom stereocenters. The Labute approximate surface area is 859 Å². The number of nitrogens with one attached hydrogen (secondary N) is 17. The van der Waals surface area contributed by atoms with Crippen molar-refractivity contribution in [2.75, 3.05) is 32.8 Å². The van der Waals surface area contributed by atoms with Crippen molar-refractivity contribution in [2.24, 2.45) is 40.9 Å². The average Bonchev–Trinajstić information content (AvgIpc) is 1.64. The van der Waals surface area contributed by atoms with Gasteiger partial charge in [0.05, 0.1) is 31.3 Å². The van der Waals surface area contributed by atoms with Gasteiger partial charge in [0.15, 0.2) is 0 Å². The molecule has 0 saturated carbocycles. The van der Waals surface area contributed by atoms with Crippen molar-refractivity contribution in [2.45, 2.75) is 342 Å². The molecule has 22 amide bonds. The van der Waals surface area contributed by atoms with E-state index in [1.165, 1.54) is 138 Å². The number of nitrogens with two attached hydrogens (primary N) is 3. The van der Waals surface area contributed by atoms with Crippen LogP contribution in [0.4, 0.5) is 8.78 Å². The number of hydrogen-bond donors (Lipinski definition) is 21. The molecule has 24 N–H and O–H groups in total. The zero-order chi connectivity index (χ0) is 113. The third kappa shape index (κ3) is 36.1. The molecule has 50 heteroatoms. The van der Waals surface area contributed by atoms with Crippen molar-refractivity contribution in [1.82, 2.24) is 115 Å². The quantitative estimate of drug-likeness (QED) is 0.0267. The predicted octanol–water partition coefficient (Wildman–Crippen LogP) is -3.03. The number of aliphatic hydroxyl groups excluding tert-OH is 1. The molecule has 148 heavy (non-hydrogen) atoms. The van der Waals surface area contributed by atoms with Gasteiger partial charge in [-0.05, 0) is 211 Å². The summed E-state index contributed by atoms with van der Waals surface area (Å²) in [6, 6.07) is -1.81. The number of halogens is 2. The van der Waals surface area contributed by atoms with Crippen LogP contribution in [0.3, 0.4) is 0 Å². The summed E-state index contributed by atoms with van der Waals surface area (Å²) in [6.45, 7) is 32.6. The molecule has 2 aromatic carbocycles. The highest BCUT2D eigenvalue weighted by Gasteiger charge is 2.49. The molecule has 2 fully saturated rings. The van der Waals surface area contributed by atoms with E-state index in [0.717, 1.165) is 11.6 Å². The van der Waals surface area contributed by atoms with Crippen LogP contribution in [0.2, 0.25) is 0 Å². The number of rotatable bonds is 54. The normalized spacial score (nSPS) is 16.0. The molecule has 0 spiro atoms. The molecule has 0 aliphatic carbocycles. The number of hydrogen-bond acceptors (Lipinski definition) is 25. The third-order valence-corrected chi connectivity index (χ3v) is 25.0. The van der Waals surface area contributed by atoms with Crippen LogP contribution in [0.1, 0.15) is 236 Å². The Balaban J connectivity index is 1.12. The van der Waals surface area contributed by atoms with Crippen LogP contribution < -0.4 is 108 Å². The van der Waals surface area contributed by atoms with E-state index in [9.17, 15) is 119 Å². The van der Waals surface area contributed by atoms with E-state index in [0.29, 0.717) is 12.5 Å². The fourth-order valence-corrected chi connectivity index (χ4v) is 15.7. The highest BCUT2D eigenvalue weighted by Crippen LogP contribution is 2.30. The first kappa shape index (κ1) is 124. The summed E-state index contributed by atoms with van der Waals surface area (Å²) in [7, 11) is 0. The number of amides is 22. The summed E-state index contributed by atoms with van der Waals surface area (Å²) in [6.07, 6.45) is -0.284. The largest absolute Gasteiger partial charge is 0.394 e. The summed E-state index contributed by atoms with van der Waals surface area (Å²) >= 11 is 0. The standard InChI is InChI=1S/C98H151F2N25O23/c1-50(2)43-64(79(137)117-97(21,22)89(147)124-41-28-31-66(124)80(138)112-71(51(3)4)81(139)119-96(19,20)88(146)120-95(17,18)86(144)111-62(35-38-68(102)128)77(135)110-61(34-37-67(101)127)76(134)107-58(49-126)44-55-29-26-25-27-30-55)108-70(130)46-104-83(141)91(9,10)118-82(140)72(52(5)6)113-87(145)94(15,16)116-78(136)63(36-39-69(103)129)109-73(131)53(7)105-84(142)92(11,12)114-74(132)54(8)106-85(143)93(13,14)115-75(133)56-40-42-123(47-56)90(148)98(23,24)125-48-65(121-122-125)59-33-32-57(99)45-60(59)100/h25-27,29-30,32-33,45,48,50-54,56,58,61-64,66,71-72,126H,28,31,34-44,46-47,49H2,1-24H3,(H2,101,127)(H2,102,128)(H2,103,129)(H,104,141)(H,105,142)(H,106,143)(H,107,134)(H,108,130)(H,109,131)(H,110,135)(H,111,144)(H,112,138)(H,113,145)(H,114,132)(H,115,133)(H,116,136)(H,117,137)(H,118,140)(H,119,139)(H,120,146)/t53-,54-,56+,58-,61-,62-,63-,64-,66+,71-,72-/m0/s1. The lowest BCUT2D eigenvalue weighted by Gasteiger charge is -2.36. The lowest BCUT2D eigenvalue weighted by Crippen LogP contribution is -2.66. The van der Waals surface area contributed by atoms with Crippen LogP contribution in [0.5, 0.6) is 0 Å². The maximum Gasteiger partial charge on any atom is 0.250 e. The minimum atomic E-state index is -1.92. The Kier molecular flexibility index (Phi) is 43.9. The first-order valence-corrected chi connectivity index (χ1v) is 49.0. The van der Waals surface area contributed by atoms with Crippen molar-refractivity contribution in [3.8, 4) is 11.3 Å². The molecule has 3 aromatic rings. The van der Waals surface area contributed by atoms with Gasteiger partial charge in [-0.3, -0.25) is 105 Å². The molecular weight excluding hydrogens is 1930 g/mol. The van der Waals surface area contributed by atoms with Gasteiger partial charge in [0.25, 0.3) is 0 Å². The van der Waals surface area contributed by atoms with Gasteiger partial charge in [-0.25, -0.2) is 13.5 Å². The molecule has 820 valence electrons. The first-order valence-electron chi connectivity index (χ1n) is 49.0. The Bertz CT molecular complexity index is 5410. The first-order chi connectivity index (χ1) is 68.2. The van der Waals surface area contributed by atoms with Gasteiger partial charge >= 0.3 is 0 Å². The number of nitrogens with zero attached hydrogens (tertiary/aromatic N) is 5. The molecule has 5 rings (SSSR count). The molecule has 1 aromatic heterocycles. The second-order valence-electron chi connectivity index (χ2n) is 42.9. The number of likely N-dealkylation sites (tertiary alicyclic amines) is 2. The zero-order valence-electron chi connectivity index (χ0n) is 88.7. The summed E-state index contributed by atoms with van der Waals surface area (Å²) in [4.78, 5) is 305. The van der Waals surface area contributed by atoms with E-state index in [1.807, 2.05) is 0 Å². The van der Waals surface area contributed by atoms with Crippen LogP contribution in [0, 0.1) is 35.3 Å². The van der Waals surface area contributed by atoms with E-state index in [1.54, 1.807) is 85.7 Å². The Morgan fingerprint density at radius 2 is 0.885 bits per heavy atom. The van der Waals surface area contributed by atoms with Gasteiger partial charge in [-0.2, -0.15) is 0 Å². The van der Waals surface area contributed by atoms with Crippen molar-refractivity contribution < 1.29 is 119 Å². The van der Waals surface area contributed by atoms with Crippen molar-refractivity contribution >= 4 is 130 Å². The molecule has 2 saturated heterocycles. The summed E-state index contributed by atoms with van der Waals surface area (Å²) in [5.41, 5.74) is 2.94. The van der Waals surface area contributed by atoms with Crippen LogP contribution in [0.25, 0.3) is 11.3 Å². The maximum absolute atomic E-state index is 14.6. The van der Waals surface area contributed by atoms with E-state index in [4.69, 9.17) is 17.2 Å². The minimum Gasteiger partial charge on any atom is -0.394 e. The molecule has 0 bridgehead atoms. The Morgan fingerprint density at radius 3 is 1.41 bits per heavy atom. The smallest absolute Gasteiger partial charge is 0.250 e. The number of aromatic nitrogens is 3. The highest BCUT2D eigenvalue weighted by molar-refractivity contribution is 6.04. The maximum atomic E-state index is 14.6. The molecule has 11 atom stereocenters. The highest BCUT2D eigenvalue weighted by atomic mass is 19.1. The number of aliphatic hydroxyl groups is 1. The average molecular weight is 2090 g/mol. The second-order valence-corrected chi connectivity index (χ2v) is 42.9. The topological polar surface area (TPSA) is 716 Å². The van der Waals surface area contributed by atoms with Crippen LogP contribution in [-0.2, 0) is 117 Å². The fraction of sp³-hybridized carbons (Fsp3) is 0.633. The van der Waals surface area contributed by atoms with Gasteiger partial charge in [-0.1, -0.05) is 77.1 Å². The molecule has 2 aliphatic rings. The summed E-state index contributed by atoms with van der Waals surface area (Å²) < 4.78 is 29.4.